The highest BCUT2D eigenvalue weighted by atomic mass is 15.3. The molecule has 0 saturated carbocycles. The molecule has 0 bridgehead atoms. The van der Waals surface area contributed by atoms with Gasteiger partial charge in [0.1, 0.15) is 0 Å². The van der Waals surface area contributed by atoms with Crippen molar-refractivity contribution in [3.05, 3.63) is 23.7 Å². The Balaban J connectivity index is 2.07. The highest BCUT2D eigenvalue weighted by Crippen LogP contribution is 2.16. The fourth-order valence-electron chi connectivity index (χ4n) is 1.65. The first kappa shape index (κ1) is 10.5. The van der Waals surface area contributed by atoms with Gasteiger partial charge in [0.05, 0.1) is 11.4 Å². The van der Waals surface area contributed by atoms with Crippen LogP contribution in [-0.2, 0) is 20.6 Å². The zero-order valence-electron chi connectivity index (χ0n) is 9.73. The van der Waals surface area contributed by atoms with Crippen molar-refractivity contribution in [1.82, 2.24) is 19.6 Å². The molecule has 0 amide bonds. The summed E-state index contributed by atoms with van der Waals surface area (Å²) >= 11 is 0. The molecule has 0 saturated heterocycles. The SMILES string of the molecule is Cc1nn(C)cc1CNc1nn(C)cc1N. The van der Waals surface area contributed by atoms with Crippen molar-refractivity contribution in [3.63, 3.8) is 0 Å². The van der Waals surface area contributed by atoms with E-state index < -0.39 is 0 Å². The summed E-state index contributed by atoms with van der Waals surface area (Å²) in [6.07, 6.45) is 3.76. The smallest absolute Gasteiger partial charge is 0.171 e. The minimum Gasteiger partial charge on any atom is -0.394 e. The Kier molecular flexibility index (Phi) is 2.55. The molecule has 2 rings (SSSR count). The lowest BCUT2D eigenvalue weighted by atomic mass is 10.2. The number of anilines is 2. The summed E-state index contributed by atoms with van der Waals surface area (Å²) in [5.41, 5.74) is 8.60. The van der Waals surface area contributed by atoms with Crippen LogP contribution in [0.1, 0.15) is 11.3 Å². The van der Waals surface area contributed by atoms with Gasteiger partial charge in [-0.2, -0.15) is 10.2 Å². The van der Waals surface area contributed by atoms with E-state index in [2.05, 4.69) is 15.5 Å². The van der Waals surface area contributed by atoms with Gasteiger partial charge in [0.25, 0.3) is 0 Å². The maximum Gasteiger partial charge on any atom is 0.171 e. The highest BCUT2D eigenvalue weighted by molar-refractivity contribution is 5.59. The van der Waals surface area contributed by atoms with Crippen molar-refractivity contribution in [2.45, 2.75) is 13.5 Å². The molecule has 2 aromatic heterocycles. The summed E-state index contributed by atoms with van der Waals surface area (Å²) in [5, 5.41) is 11.7. The van der Waals surface area contributed by atoms with E-state index in [1.54, 1.807) is 15.6 Å². The lowest BCUT2D eigenvalue weighted by Gasteiger charge is -2.02. The van der Waals surface area contributed by atoms with Crippen molar-refractivity contribution in [2.75, 3.05) is 11.1 Å². The summed E-state index contributed by atoms with van der Waals surface area (Å²) in [6, 6.07) is 0. The molecule has 86 valence electrons. The van der Waals surface area contributed by atoms with Gasteiger partial charge in [-0.1, -0.05) is 0 Å². The largest absolute Gasteiger partial charge is 0.394 e. The fraction of sp³-hybridized carbons (Fsp3) is 0.400. The molecule has 16 heavy (non-hydrogen) atoms. The van der Waals surface area contributed by atoms with Crippen molar-refractivity contribution >= 4 is 11.5 Å². The molecule has 0 spiro atoms. The molecule has 0 unspecified atom stereocenters. The van der Waals surface area contributed by atoms with E-state index in [-0.39, 0.29) is 0 Å². The first-order valence-corrected chi connectivity index (χ1v) is 5.08. The van der Waals surface area contributed by atoms with Crippen LogP contribution < -0.4 is 11.1 Å². The lowest BCUT2D eigenvalue weighted by Crippen LogP contribution is -2.02. The Bertz CT molecular complexity index is 449. The van der Waals surface area contributed by atoms with Gasteiger partial charge in [-0.05, 0) is 6.92 Å². The van der Waals surface area contributed by atoms with E-state index in [1.807, 2.05) is 27.2 Å². The van der Waals surface area contributed by atoms with Gasteiger partial charge in [-0.3, -0.25) is 9.36 Å². The van der Waals surface area contributed by atoms with Crippen LogP contribution in [-0.4, -0.2) is 19.6 Å². The number of rotatable bonds is 3. The fourth-order valence-corrected chi connectivity index (χ4v) is 1.65. The maximum absolute atomic E-state index is 5.78. The number of nitrogen functional groups attached to an aromatic ring is 1. The van der Waals surface area contributed by atoms with Crippen LogP contribution in [0.5, 0.6) is 0 Å². The first-order chi connectivity index (χ1) is 7.56. The summed E-state index contributed by atoms with van der Waals surface area (Å²) in [4.78, 5) is 0. The molecule has 0 atom stereocenters. The van der Waals surface area contributed by atoms with Crippen LogP contribution >= 0.6 is 0 Å². The number of nitrogens with two attached hydrogens (primary N) is 1. The zero-order chi connectivity index (χ0) is 11.7. The summed E-state index contributed by atoms with van der Waals surface area (Å²) in [6.45, 7) is 2.67. The Morgan fingerprint density at radius 2 is 1.94 bits per heavy atom. The van der Waals surface area contributed by atoms with Gasteiger partial charge < -0.3 is 11.1 Å². The monoisotopic (exact) mass is 220 g/mol. The Morgan fingerprint density at radius 1 is 1.25 bits per heavy atom. The molecule has 0 fully saturated rings. The van der Waals surface area contributed by atoms with E-state index in [1.165, 1.54) is 0 Å². The Labute approximate surface area is 94.1 Å². The van der Waals surface area contributed by atoms with Gasteiger partial charge >= 0.3 is 0 Å². The minimum atomic E-state index is 0.657. The molecule has 6 heteroatoms. The lowest BCUT2D eigenvalue weighted by molar-refractivity contribution is 0.756. The summed E-state index contributed by atoms with van der Waals surface area (Å²) < 4.78 is 3.49. The molecule has 0 aliphatic heterocycles. The predicted molar refractivity (Wildman–Crippen MR) is 62.9 cm³/mol. The standard InChI is InChI=1S/C10H16N6/c1-7-8(5-15(2)13-7)4-12-10-9(11)6-16(3)14-10/h5-6H,4,11H2,1-3H3,(H,12,14). The molecule has 3 N–H and O–H groups in total. The quantitative estimate of drug-likeness (QED) is 0.796. The average Bonchev–Trinajstić information content (AvgIpc) is 2.66. The van der Waals surface area contributed by atoms with E-state index in [0.29, 0.717) is 18.1 Å². The molecule has 0 aromatic carbocycles. The van der Waals surface area contributed by atoms with Crippen LogP contribution in [0.3, 0.4) is 0 Å². The third-order valence-electron chi connectivity index (χ3n) is 2.42. The Morgan fingerprint density at radius 3 is 2.44 bits per heavy atom. The van der Waals surface area contributed by atoms with Crippen LogP contribution in [0.15, 0.2) is 12.4 Å². The molecule has 6 nitrogen and oxygen atoms in total. The normalized spacial score (nSPS) is 10.7. The van der Waals surface area contributed by atoms with Gasteiger partial charge in [0.15, 0.2) is 5.82 Å². The topological polar surface area (TPSA) is 73.7 Å². The van der Waals surface area contributed by atoms with Crippen LogP contribution in [0.4, 0.5) is 11.5 Å². The van der Waals surface area contributed by atoms with E-state index >= 15 is 0 Å². The Hall–Kier alpha value is -1.98. The van der Waals surface area contributed by atoms with Crippen LogP contribution in [0.2, 0.25) is 0 Å². The number of hydrogen-bond acceptors (Lipinski definition) is 4. The molecule has 2 aromatic rings. The molecular formula is C10H16N6. The molecule has 2 heterocycles. The summed E-state index contributed by atoms with van der Waals surface area (Å²) in [5.74, 6) is 0.714. The zero-order valence-corrected chi connectivity index (χ0v) is 9.73. The van der Waals surface area contributed by atoms with E-state index in [4.69, 9.17) is 5.73 Å². The van der Waals surface area contributed by atoms with Crippen molar-refractivity contribution in [1.29, 1.82) is 0 Å². The predicted octanol–water partition coefficient (Wildman–Crippen LogP) is 0.656. The van der Waals surface area contributed by atoms with Gasteiger partial charge in [0, 0.05) is 38.6 Å². The van der Waals surface area contributed by atoms with Crippen LogP contribution in [0.25, 0.3) is 0 Å². The van der Waals surface area contributed by atoms with Crippen molar-refractivity contribution < 1.29 is 0 Å². The van der Waals surface area contributed by atoms with E-state index in [0.717, 1.165) is 11.3 Å². The number of nitrogens with one attached hydrogen (secondary N) is 1. The van der Waals surface area contributed by atoms with Crippen molar-refractivity contribution in [3.8, 4) is 0 Å². The average molecular weight is 220 g/mol. The second kappa shape index (κ2) is 3.88. The number of aryl methyl sites for hydroxylation is 3. The first-order valence-electron chi connectivity index (χ1n) is 5.08. The second-order valence-corrected chi connectivity index (χ2v) is 3.87. The van der Waals surface area contributed by atoms with Crippen molar-refractivity contribution in [2.24, 2.45) is 14.1 Å². The van der Waals surface area contributed by atoms with Gasteiger partial charge in [-0.25, -0.2) is 0 Å². The molecule has 0 aliphatic rings. The van der Waals surface area contributed by atoms with Gasteiger partial charge in [0.2, 0.25) is 0 Å². The minimum absolute atomic E-state index is 0.657. The molecule has 0 aliphatic carbocycles. The van der Waals surface area contributed by atoms with Gasteiger partial charge in [-0.15, -0.1) is 0 Å². The number of hydrogen-bond donors (Lipinski definition) is 2. The molecular weight excluding hydrogens is 204 g/mol. The van der Waals surface area contributed by atoms with E-state index in [9.17, 15) is 0 Å². The molecule has 0 radical (unpaired) electrons. The summed E-state index contributed by atoms with van der Waals surface area (Å²) in [7, 11) is 3.75. The number of nitrogens with zero attached hydrogens (tertiary/aromatic N) is 4. The second-order valence-electron chi connectivity index (χ2n) is 3.87. The maximum atomic E-state index is 5.78. The highest BCUT2D eigenvalue weighted by Gasteiger charge is 2.06. The third-order valence-corrected chi connectivity index (χ3v) is 2.42. The van der Waals surface area contributed by atoms with Crippen LogP contribution in [0, 0.1) is 6.92 Å². The number of aromatic nitrogens is 4. The third kappa shape index (κ3) is 2.00.